The molecule has 0 amide bonds. The van der Waals surface area contributed by atoms with Gasteiger partial charge in [0.05, 0.1) is 0 Å². The number of nitrogens with zero attached hydrogens (tertiary/aromatic N) is 2. The molecule has 68 heavy (non-hydrogen) atoms. The number of thiophene rings is 4. The maximum Gasteiger partial charge on any atom is 0.346 e. The number of aliphatic carboxylic acids is 1. The van der Waals surface area contributed by atoms with Crippen LogP contribution in [0.5, 0.6) is 0 Å². The Morgan fingerprint density at radius 3 is 1.53 bits per heavy atom. The van der Waals surface area contributed by atoms with Gasteiger partial charge in [0.25, 0.3) is 0 Å². The Kier molecular flexibility index (Phi) is 19.8. The lowest BCUT2D eigenvalue weighted by molar-refractivity contribution is -0.132. The van der Waals surface area contributed by atoms with Crippen molar-refractivity contribution in [3.63, 3.8) is 0 Å². The predicted molar refractivity (Wildman–Crippen MR) is 299 cm³/mol. The van der Waals surface area contributed by atoms with Crippen molar-refractivity contribution >= 4 is 68.8 Å². The number of para-hydroxylation sites is 1. The summed E-state index contributed by atoms with van der Waals surface area (Å²) in [5, 5.41) is 19.6. The van der Waals surface area contributed by atoms with Crippen molar-refractivity contribution in [3.8, 4) is 45.8 Å². The SMILES string of the molecule is CCCCCCc1cc(-c2sc(-c3sc(-c4sc(-c5ccc6c(c5)CCc5ccccc5N6CC)cc4CCCCCC)cc3CCCCCC)cc2CCCCCC)sc1C=C(C#N)C(=O)O. The van der Waals surface area contributed by atoms with Crippen molar-refractivity contribution in [2.45, 2.75) is 176 Å². The maximum atomic E-state index is 12.1. The average Bonchev–Trinajstić information content (AvgIpc) is 4.15. The number of aryl methyl sites for hydroxylation is 6. The van der Waals surface area contributed by atoms with Crippen LogP contribution in [0.4, 0.5) is 11.4 Å². The van der Waals surface area contributed by atoms with E-state index in [1.165, 1.54) is 168 Å². The molecular formula is C60H74N2O2S4. The number of carboxylic acid groups (broad SMARTS) is 1. The zero-order valence-corrected chi connectivity index (χ0v) is 44.8. The van der Waals surface area contributed by atoms with E-state index in [0.717, 1.165) is 69.2 Å². The number of benzene rings is 2. The number of hydrogen-bond donors (Lipinski definition) is 1. The highest BCUT2D eigenvalue weighted by atomic mass is 32.1. The average molecular weight is 984 g/mol. The van der Waals surface area contributed by atoms with E-state index in [2.05, 4.69) is 106 Å². The topological polar surface area (TPSA) is 64.3 Å². The molecule has 0 aliphatic carbocycles. The number of unbranched alkanes of at least 4 members (excludes halogenated alkanes) is 12. The van der Waals surface area contributed by atoms with Gasteiger partial charge < -0.3 is 10.0 Å². The minimum Gasteiger partial charge on any atom is -0.477 e. The molecule has 0 atom stereocenters. The highest BCUT2D eigenvalue weighted by Crippen LogP contribution is 2.50. The normalized spacial score (nSPS) is 12.6. The van der Waals surface area contributed by atoms with E-state index in [1.807, 2.05) is 40.1 Å². The second kappa shape index (κ2) is 26.1. The van der Waals surface area contributed by atoms with Gasteiger partial charge in [-0.3, -0.25) is 0 Å². The van der Waals surface area contributed by atoms with Crippen LogP contribution in [0.3, 0.4) is 0 Å². The van der Waals surface area contributed by atoms with Crippen LogP contribution in [0.2, 0.25) is 0 Å². The lowest BCUT2D eigenvalue weighted by atomic mass is 10.0. The third kappa shape index (κ3) is 12.9. The molecule has 0 saturated carbocycles. The van der Waals surface area contributed by atoms with Crippen molar-refractivity contribution < 1.29 is 9.90 Å². The molecule has 2 aromatic carbocycles. The van der Waals surface area contributed by atoms with E-state index in [9.17, 15) is 15.2 Å². The number of fused-ring (bicyclic) bond motifs is 2. The maximum absolute atomic E-state index is 12.1. The summed E-state index contributed by atoms with van der Waals surface area (Å²) in [6.07, 6.45) is 27.1. The van der Waals surface area contributed by atoms with Crippen LogP contribution in [0.25, 0.3) is 45.8 Å². The molecule has 5 heterocycles. The van der Waals surface area contributed by atoms with Gasteiger partial charge in [0.1, 0.15) is 11.6 Å². The van der Waals surface area contributed by atoms with Crippen LogP contribution in [-0.2, 0) is 43.3 Å². The molecule has 4 aromatic heterocycles. The number of carboxylic acids is 1. The fourth-order valence-corrected chi connectivity index (χ4v) is 15.1. The zero-order chi connectivity index (χ0) is 47.8. The van der Waals surface area contributed by atoms with E-state index in [4.69, 9.17) is 0 Å². The van der Waals surface area contributed by atoms with Crippen LogP contribution in [0.15, 0.2) is 72.3 Å². The van der Waals surface area contributed by atoms with Gasteiger partial charge >= 0.3 is 5.97 Å². The molecule has 4 nitrogen and oxygen atoms in total. The molecule has 1 aliphatic heterocycles. The third-order valence-electron chi connectivity index (χ3n) is 13.7. The molecule has 8 heteroatoms. The molecule has 0 spiro atoms. The van der Waals surface area contributed by atoms with Gasteiger partial charge in [-0.25, -0.2) is 4.79 Å². The van der Waals surface area contributed by atoms with Crippen LogP contribution in [-0.4, -0.2) is 17.6 Å². The van der Waals surface area contributed by atoms with E-state index in [-0.39, 0.29) is 5.57 Å². The molecule has 0 saturated heterocycles. The molecule has 1 aliphatic rings. The minimum absolute atomic E-state index is 0.198. The first-order chi connectivity index (χ1) is 33.3. The Bertz CT molecular complexity index is 2650. The molecule has 7 rings (SSSR count). The molecule has 0 bridgehead atoms. The first-order valence-electron chi connectivity index (χ1n) is 26.2. The lowest BCUT2D eigenvalue weighted by Gasteiger charge is -2.25. The van der Waals surface area contributed by atoms with Gasteiger partial charge in [-0.05, 0) is 159 Å². The van der Waals surface area contributed by atoms with Gasteiger partial charge in [0.15, 0.2) is 0 Å². The van der Waals surface area contributed by atoms with Crippen molar-refractivity contribution in [1.82, 2.24) is 0 Å². The molecule has 0 unspecified atom stereocenters. The first kappa shape index (κ1) is 51.6. The van der Waals surface area contributed by atoms with Crippen molar-refractivity contribution in [2.75, 3.05) is 11.4 Å². The second-order valence-electron chi connectivity index (χ2n) is 18.8. The monoisotopic (exact) mass is 982 g/mol. The van der Waals surface area contributed by atoms with Crippen molar-refractivity contribution in [3.05, 3.63) is 111 Å². The summed E-state index contributed by atoms with van der Waals surface area (Å²) in [6.45, 7) is 12.3. The molecule has 6 aromatic rings. The van der Waals surface area contributed by atoms with E-state index in [1.54, 1.807) is 17.4 Å². The smallest absolute Gasteiger partial charge is 0.346 e. The number of anilines is 2. The van der Waals surface area contributed by atoms with Gasteiger partial charge in [-0.1, -0.05) is 129 Å². The summed E-state index contributed by atoms with van der Waals surface area (Å²) in [4.78, 5) is 25.0. The Hall–Kier alpha value is -4.26. The number of nitriles is 1. The first-order valence-corrected chi connectivity index (χ1v) is 29.4. The summed E-state index contributed by atoms with van der Waals surface area (Å²) in [6, 6.07) is 28.1. The quantitative estimate of drug-likeness (QED) is 0.0317. The highest BCUT2D eigenvalue weighted by molar-refractivity contribution is 7.29. The lowest BCUT2D eigenvalue weighted by Crippen LogP contribution is -2.17. The Morgan fingerprint density at radius 2 is 1.01 bits per heavy atom. The number of carbonyl (C=O) groups is 1. The minimum atomic E-state index is -1.16. The van der Waals surface area contributed by atoms with Crippen molar-refractivity contribution in [2.24, 2.45) is 0 Å². The summed E-state index contributed by atoms with van der Waals surface area (Å²) >= 11 is 7.63. The second-order valence-corrected chi connectivity index (χ2v) is 23.1. The summed E-state index contributed by atoms with van der Waals surface area (Å²) in [5.74, 6) is -1.16. The largest absolute Gasteiger partial charge is 0.477 e. The van der Waals surface area contributed by atoms with Crippen molar-refractivity contribution in [1.29, 1.82) is 5.26 Å². The molecule has 0 fully saturated rings. The summed E-state index contributed by atoms with van der Waals surface area (Å²) in [7, 11) is 0. The summed E-state index contributed by atoms with van der Waals surface area (Å²) in [5.41, 5.74) is 12.3. The molecular weight excluding hydrogens is 909 g/mol. The highest BCUT2D eigenvalue weighted by Gasteiger charge is 2.24. The predicted octanol–water partition coefficient (Wildman–Crippen LogP) is 19.3. The van der Waals surface area contributed by atoms with Crippen LogP contribution in [0.1, 0.15) is 176 Å². The van der Waals surface area contributed by atoms with Gasteiger partial charge in [-0.2, -0.15) is 5.26 Å². The molecule has 360 valence electrons. The van der Waals surface area contributed by atoms with Crippen LogP contribution in [0, 0.1) is 11.3 Å². The zero-order valence-electron chi connectivity index (χ0n) is 41.6. The fraction of sp³-hybridized carbons (Fsp3) is 0.467. The standard InChI is InChI=1S/C60H74N2O2S4/c1-6-11-15-19-26-44-36-54(65-52(44)40-49(41-61)60(63)64)57-47(28-21-17-13-8-3)38-56(67-57)59-48(29-22-18-14-9-4)39-55(68-59)58-46(27-20-16-12-7-2)37-53(66-58)45-33-34-51-43(35-45)32-31-42-25-23-24-30-50(42)62(51)10-5/h23-25,30,33-40H,6-22,26-29,31-32H2,1-5H3,(H,63,64). The van der Waals surface area contributed by atoms with Crippen LogP contribution < -0.4 is 4.90 Å². The van der Waals surface area contributed by atoms with Gasteiger partial charge in [-0.15, -0.1) is 45.3 Å². The Morgan fingerprint density at radius 1 is 0.559 bits per heavy atom. The molecule has 0 radical (unpaired) electrons. The third-order valence-corrected chi connectivity index (χ3v) is 18.9. The van der Waals surface area contributed by atoms with E-state index >= 15 is 0 Å². The van der Waals surface area contributed by atoms with E-state index in [0.29, 0.717) is 0 Å². The van der Waals surface area contributed by atoms with Gasteiger partial charge in [0, 0.05) is 56.9 Å². The van der Waals surface area contributed by atoms with Crippen LogP contribution >= 0.6 is 45.3 Å². The Labute approximate surface area is 424 Å². The van der Waals surface area contributed by atoms with E-state index < -0.39 is 5.97 Å². The number of hydrogen-bond acceptors (Lipinski definition) is 7. The number of rotatable bonds is 27. The fourth-order valence-electron chi connectivity index (χ4n) is 9.88. The summed E-state index contributed by atoms with van der Waals surface area (Å²) < 4.78 is 0. The van der Waals surface area contributed by atoms with Gasteiger partial charge in [0.2, 0.25) is 0 Å². The molecule has 1 N–H and O–H groups in total. The Balaban J connectivity index is 1.31.